The lowest BCUT2D eigenvalue weighted by Gasteiger charge is -2.10. The summed E-state index contributed by atoms with van der Waals surface area (Å²) in [5.74, 6) is 0.789. The van der Waals surface area contributed by atoms with Gasteiger partial charge in [0, 0.05) is 12.3 Å². The van der Waals surface area contributed by atoms with Crippen molar-refractivity contribution in [3.05, 3.63) is 72.9 Å². The molecule has 1 aromatic heterocycles. The number of benzene rings is 2. The molecule has 6 heteroatoms. The van der Waals surface area contributed by atoms with Crippen LogP contribution in [0.3, 0.4) is 0 Å². The van der Waals surface area contributed by atoms with E-state index in [0.717, 1.165) is 11.1 Å². The molecule has 2 aromatic carbocycles. The highest BCUT2D eigenvalue weighted by atomic mass is 19.4. The standard InChI is InChI=1S/C18H12F3NO2/c19-18(20,21)24-15-9-7-13(8-10-15)14-4-3-5-16(12-14)23-17-6-1-2-11-22-17/h1-12H. The van der Waals surface area contributed by atoms with E-state index < -0.39 is 6.36 Å². The van der Waals surface area contributed by atoms with Gasteiger partial charge in [0.05, 0.1) is 0 Å². The molecule has 0 atom stereocenters. The maximum Gasteiger partial charge on any atom is 0.573 e. The number of pyridine rings is 1. The van der Waals surface area contributed by atoms with Gasteiger partial charge in [-0.25, -0.2) is 4.98 Å². The Morgan fingerprint density at radius 2 is 1.54 bits per heavy atom. The molecule has 1 heterocycles. The summed E-state index contributed by atoms with van der Waals surface area (Å²) in [5, 5.41) is 0. The maximum atomic E-state index is 12.2. The van der Waals surface area contributed by atoms with Crippen LogP contribution in [0.1, 0.15) is 0 Å². The molecular weight excluding hydrogens is 319 g/mol. The minimum atomic E-state index is -4.70. The molecule has 0 N–H and O–H groups in total. The van der Waals surface area contributed by atoms with Crippen LogP contribution in [0.4, 0.5) is 13.2 Å². The fraction of sp³-hybridized carbons (Fsp3) is 0.0556. The summed E-state index contributed by atoms with van der Waals surface area (Å²) >= 11 is 0. The van der Waals surface area contributed by atoms with Gasteiger partial charge < -0.3 is 9.47 Å². The van der Waals surface area contributed by atoms with Crippen molar-refractivity contribution in [3.63, 3.8) is 0 Å². The van der Waals surface area contributed by atoms with E-state index in [1.165, 1.54) is 12.1 Å². The van der Waals surface area contributed by atoms with Crippen LogP contribution in [-0.4, -0.2) is 11.3 Å². The van der Waals surface area contributed by atoms with Gasteiger partial charge in [-0.15, -0.1) is 13.2 Å². The van der Waals surface area contributed by atoms with Crippen molar-refractivity contribution < 1.29 is 22.6 Å². The molecule has 3 aromatic rings. The smallest absolute Gasteiger partial charge is 0.439 e. The van der Waals surface area contributed by atoms with Crippen molar-refractivity contribution in [2.75, 3.05) is 0 Å². The van der Waals surface area contributed by atoms with Crippen LogP contribution in [0.5, 0.6) is 17.4 Å². The van der Waals surface area contributed by atoms with Gasteiger partial charge in [-0.3, -0.25) is 0 Å². The molecule has 0 saturated heterocycles. The molecule has 0 aliphatic heterocycles. The molecule has 0 saturated carbocycles. The number of hydrogen-bond donors (Lipinski definition) is 0. The second-order valence-electron chi connectivity index (χ2n) is 4.87. The van der Waals surface area contributed by atoms with Crippen molar-refractivity contribution in [1.29, 1.82) is 0 Å². The zero-order chi connectivity index (χ0) is 17.0. The molecule has 0 fully saturated rings. The second-order valence-corrected chi connectivity index (χ2v) is 4.87. The predicted molar refractivity (Wildman–Crippen MR) is 82.9 cm³/mol. The van der Waals surface area contributed by atoms with E-state index in [0.29, 0.717) is 11.6 Å². The number of ether oxygens (including phenoxy) is 2. The third-order valence-electron chi connectivity index (χ3n) is 3.12. The first-order chi connectivity index (χ1) is 11.5. The van der Waals surface area contributed by atoms with Crippen molar-refractivity contribution >= 4 is 0 Å². The third kappa shape index (κ3) is 4.25. The fourth-order valence-corrected chi connectivity index (χ4v) is 2.12. The summed E-state index contributed by atoms with van der Waals surface area (Å²) < 4.78 is 46.0. The highest BCUT2D eigenvalue weighted by molar-refractivity contribution is 5.65. The molecule has 24 heavy (non-hydrogen) atoms. The number of alkyl halides is 3. The summed E-state index contributed by atoms with van der Waals surface area (Å²) in [6.45, 7) is 0. The average molecular weight is 331 g/mol. The highest BCUT2D eigenvalue weighted by Crippen LogP contribution is 2.29. The number of hydrogen-bond acceptors (Lipinski definition) is 3. The van der Waals surface area contributed by atoms with Crippen LogP contribution >= 0.6 is 0 Å². The summed E-state index contributed by atoms with van der Waals surface area (Å²) in [6.07, 6.45) is -3.07. The van der Waals surface area contributed by atoms with Gasteiger partial charge >= 0.3 is 6.36 Å². The lowest BCUT2D eigenvalue weighted by atomic mass is 10.1. The summed E-state index contributed by atoms with van der Waals surface area (Å²) in [6, 6.07) is 18.2. The Balaban J connectivity index is 1.78. The first kappa shape index (κ1) is 15.9. The SMILES string of the molecule is FC(F)(F)Oc1ccc(-c2cccc(Oc3ccccn3)c2)cc1. The van der Waals surface area contributed by atoms with E-state index in [2.05, 4.69) is 9.72 Å². The van der Waals surface area contributed by atoms with Gasteiger partial charge in [0.25, 0.3) is 0 Å². The fourth-order valence-electron chi connectivity index (χ4n) is 2.12. The van der Waals surface area contributed by atoms with Gasteiger partial charge in [-0.1, -0.05) is 30.3 Å². The predicted octanol–water partition coefficient (Wildman–Crippen LogP) is 5.44. The first-order valence-electron chi connectivity index (χ1n) is 7.05. The van der Waals surface area contributed by atoms with E-state index in [9.17, 15) is 13.2 Å². The average Bonchev–Trinajstić information content (AvgIpc) is 2.55. The van der Waals surface area contributed by atoms with Crippen molar-refractivity contribution in [2.45, 2.75) is 6.36 Å². The second kappa shape index (κ2) is 6.62. The molecule has 3 rings (SSSR count). The quantitative estimate of drug-likeness (QED) is 0.638. The molecule has 122 valence electrons. The Labute approximate surface area is 136 Å². The molecule has 0 unspecified atom stereocenters. The summed E-state index contributed by atoms with van der Waals surface area (Å²) in [7, 11) is 0. The Kier molecular flexibility index (Phi) is 4.37. The minimum Gasteiger partial charge on any atom is -0.439 e. The van der Waals surface area contributed by atoms with E-state index in [-0.39, 0.29) is 5.75 Å². The van der Waals surface area contributed by atoms with Crippen molar-refractivity contribution in [2.24, 2.45) is 0 Å². The Hall–Kier alpha value is -3.02. The number of nitrogens with zero attached hydrogens (tertiary/aromatic N) is 1. The van der Waals surface area contributed by atoms with Crippen molar-refractivity contribution in [3.8, 4) is 28.5 Å². The molecular formula is C18H12F3NO2. The van der Waals surface area contributed by atoms with Gasteiger partial charge in [0.15, 0.2) is 0 Å². The lowest BCUT2D eigenvalue weighted by Crippen LogP contribution is -2.16. The van der Waals surface area contributed by atoms with Crippen LogP contribution in [0.2, 0.25) is 0 Å². The normalized spacial score (nSPS) is 11.1. The molecule has 0 amide bonds. The van der Waals surface area contributed by atoms with Gasteiger partial charge in [-0.2, -0.15) is 0 Å². The number of halogens is 3. The monoisotopic (exact) mass is 331 g/mol. The largest absolute Gasteiger partial charge is 0.573 e. The molecule has 0 radical (unpaired) electrons. The van der Waals surface area contributed by atoms with Crippen LogP contribution in [-0.2, 0) is 0 Å². The lowest BCUT2D eigenvalue weighted by molar-refractivity contribution is -0.274. The molecule has 0 aliphatic carbocycles. The Morgan fingerprint density at radius 3 is 2.21 bits per heavy atom. The minimum absolute atomic E-state index is 0.257. The molecule has 3 nitrogen and oxygen atoms in total. The third-order valence-corrected chi connectivity index (χ3v) is 3.12. The maximum absolute atomic E-state index is 12.2. The van der Waals surface area contributed by atoms with E-state index >= 15 is 0 Å². The van der Waals surface area contributed by atoms with Crippen LogP contribution < -0.4 is 9.47 Å². The number of rotatable bonds is 4. The summed E-state index contributed by atoms with van der Waals surface area (Å²) in [5.41, 5.74) is 1.55. The van der Waals surface area contributed by atoms with E-state index in [1.807, 2.05) is 12.1 Å². The first-order valence-corrected chi connectivity index (χ1v) is 7.05. The Morgan fingerprint density at radius 1 is 0.750 bits per heavy atom. The van der Waals surface area contributed by atoms with Crippen LogP contribution in [0.25, 0.3) is 11.1 Å². The Bertz CT molecular complexity index is 802. The van der Waals surface area contributed by atoms with Gasteiger partial charge in [0.1, 0.15) is 11.5 Å². The van der Waals surface area contributed by atoms with Crippen LogP contribution in [0, 0.1) is 0 Å². The topological polar surface area (TPSA) is 31.4 Å². The molecule has 0 aliphatic rings. The van der Waals surface area contributed by atoms with Gasteiger partial charge in [-0.05, 0) is 41.5 Å². The van der Waals surface area contributed by atoms with E-state index in [1.54, 1.807) is 48.7 Å². The molecule has 0 spiro atoms. The molecule has 0 bridgehead atoms. The van der Waals surface area contributed by atoms with Gasteiger partial charge in [0.2, 0.25) is 5.88 Å². The summed E-state index contributed by atoms with van der Waals surface area (Å²) in [4.78, 5) is 4.08. The highest BCUT2D eigenvalue weighted by Gasteiger charge is 2.30. The van der Waals surface area contributed by atoms with E-state index in [4.69, 9.17) is 4.74 Å². The van der Waals surface area contributed by atoms with Crippen molar-refractivity contribution in [1.82, 2.24) is 4.98 Å². The zero-order valence-electron chi connectivity index (χ0n) is 12.3. The number of aromatic nitrogens is 1. The zero-order valence-corrected chi connectivity index (χ0v) is 12.3. The van der Waals surface area contributed by atoms with Crippen LogP contribution in [0.15, 0.2) is 72.9 Å².